The van der Waals surface area contributed by atoms with Crippen LogP contribution in [0, 0.1) is 5.82 Å². The number of aromatic nitrogens is 3. The van der Waals surface area contributed by atoms with E-state index in [4.69, 9.17) is 17.2 Å². The number of fused-ring (bicyclic) bond motifs is 1. The Hall–Kier alpha value is -4.12. The predicted octanol–water partition coefficient (Wildman–Crippen LogP) is 2.44. The number of carbonyl (C=O) groups is 2. The Labute approximate surface area is 185 Å². The fraction of sp³-hybridized carbons (Fsp3) is 0.0476. The molecule has 0 fully saturated rings. The number of amides is 2. The second kappa shape index (κ2) is 8.55. The molecule has 2 aromatic carbocycles. The average molecular weight is 451 g/mol. The Balaban J connectivity index is 1.54. The normalized spacial score (nSPS) is 10.9. The van der Waals surface area contributed by atoms with Crippen LogP contribution in [0.5, 0.6) is 0 Å². The highest BCUT2D eigenvalue weighted by molar-refractivity contribution is 7.99. The number of nitrogen functional groups attached to an aromatic ring is 2. The number of hydrogen-bond acceptors (Lipinski definition) is 7. The van der Waals surface area contributed by atoms with E-state index >= 15 is 0 Å². The molecule has 0 aliphatic heterocycles. The topological polar surface area (TPSA) is 166 Å². The van der Waals surface area contributed by atoms with Crippen molar-refractivity contribution in [2.75, 3.05) is 11.5 Å². The molecule has 0 aliphatic carbocycles. The summed E-state index contributed by atoms with van der Waals surface area (Å²) in [5.41, 5.74) is 19.0. The van der Waals surface area contributed by atoms with Gasteiger partial charge in [-0.3, -0.25) is 9.59 Å². The van der Waals surface area contributed by atoms with E-state index in [2.05, 4.69) is 20.3 Å². The van der Waals surface area contributed by atoms with Crippen LogP contribution in [-0.2, 0) is 6.54 Å². The Bertz CT molecular complexity index is 1360. The second-order valence-electron chi connectivity index (χ2n) is 6.85. The number of rotatable bonds is 6. The lowest BCUT2D eigenvalue weighted by atomic mass is 10.1. The number of primary amides is 1. The molecule has 162 valence electrons. The lowest BCUT2D eigenvalue weighted by Gasteiger charge is -2.10. The SMILES string of the molecule is NC(=O)c1cc(N)ccc1Sc1cnc(N)c(C(=O)NCc2c[nH]c3ccc(F)cc23)n1. The van der Waals surface area contributed by atoms with Crippen molar-refractivity contribution in [2.45, 2.75) is 16.5 Å². The van der Waals surface area contributed by atoms with E-state index < -0.39 is 11.8 Å². The summed E-state index contributed by atoms with van der Waals surface area (Å²) < 4.78 is 13.6. The van der Waals surface area contributed by atoms with Gasteiger partial charge >= 0.3 is 0 Å². The van der Waals surface area contributed by atoms with E-state index in [1.165, 1.54) is 24.4 Å². The first kappa shape index (κ1) is 21.1. The standard InChI is InChI=1S/C21H18FN7O2S/c22-11-1-3-15-13(5-11)10(7-26-15)8-28-21(31)18-19(24)27-9-17(29-18)32-16-4-2-12(23)6-14(16)20(25)30/h1-7,9,26H,8,23H2,(H2,24,27)(H2,25,30)(H,28,31). The van der Waals surface area contributed by atoms with Gasteiger partial charge in [-0.1, -0.05) is 11.8 Å². The maximum absolute atomic E-state index is 13.6. The molecule has 9 nitrogen and oxygen atoms in total. The van der Waals surface area contributed by atoms with Crippen LogP contribution in [0.15, 0.2) is 58.7 Å². The number of anilines is 2. The molecule has 2 aromatic heterocycles. The number of nitrogens with zero attached hydrogens (tertiary/aromatic N) is 2. The molecule has 0 atom stereocenters. The van der Waals surface area contributed by atoms with Gasteiger partial charge in [-0.2, -0.15) is 0 Å². The molecule has 4 aromatic rings. The summed E-state index contributed by atoms with van der Waals surface area (Å²) >= 11 is 1.10. The molecule has 0 aliphatic rings. The Morgan fingerprint density at radius 1 is 1.16 bits per heavy atom. The van der Waals surface area contributed by atoms with Crippen LogP contribution in [0.25, 0.3) is 10.9 Å². The molecular formula is C21H18FN7O2S. The molecule has 4 rings (SSSR count). The highest BCUT2D eigenvalue weighted by Crippen LogP contribution is 2.30. The quantitative estimate of drug-likeness (QED) is 0.281. The zero-order valence-electron chi connectivity index (χ0n) is 16.6. The molecule has 0 radical (unpaired) electrons. The molecule has 0 saturated carbocycles. The van der Waals surface area contributed by atoms with Crippen LogP contribution < -0.4 is 22.5 Å². The van der Waals surface area contributed by atoms with Crippen molar-refractivity contribution in [3.8, 4) is 0 Å². The summed E-state index contributed by atoms with van der Waals surface area (Å²) in [6.45, 7) is 0.130. The van der Waals surface area contributed by atoms with Gasteiger partial charge in [0.2, 0.25) is 5.91 Å². The fourth-order valence-corrected chi connectivity index (χ4v) is 3.97. The van der Waals surface area contributed by atoms with Crippen molar-refractivity contribution in [3.63, 3.8) is 0 Å². The van der Waals surface area contributed by atoms with E-state index in [1.54, 1.807) is 24.4 Å². The largest absolute Gasteiger partial charge is 0.399 e. The Morgan fingerprint density at radius 3 is 2.75 bits per heavy atom. The van der Waals surface area contributed by atoms with Crippen LogP contribution in [0.1, 0.15) is 26.4 Å². The maximum atomic E-state index is 13.6. The number of H-pyrrole nitrogens is 1. The molecule has 2 heterocycles. The molecule has 32 heavy (non-hydrogen) atoms. The monoisotopic (exact) mass is 451 g/mol. The van der Waals surface area contributed by atoms with Gasteiger partial charge in [-0.25, -0.2) is 14.4 Å². The summed E-state index contributed by atoms with van der Waals surface area (Å²) in [6.07, 6.45) is 3.08. The van der Waals surface area contributed by atoms with Crippen molar-refractivity contribution in [2.24, 2.45) is 5.73 Å². The van der Waals surface area contributed by atoms with Crippen molar-refractivity contribution in [3.05, 3.63) is 71.4 Å². The summed E-state index contributed by atoms with van der Waals surface area (Å²) in [5.74, 6) is -1.61. The molecule has 0 spiro atoms. The van der Waals surface area contributed by atoms with E-state index in [-0.39, 0.29) is 29.4 Å². The molecule has 0 bridgehead atoms. The average Bonchev–Trinajstić information content (AvgIpc) is 3.16. The first-order chi connectivity index (χ1) is 15.3. The zero-order chi connectivity index (χ0) is 22.8. The Morgan fingerprint density at radius 2 is 1.97 bits per heavy atom. The predicted molar refractivity (Wildman–Crippen MR) is 119 cm³/mol. The number of aromatic amines is 1. The summed E-state index contributed by atoms with van der Waals surface area (Å²) in [5, 5.41) is 3.72. The van der Waals surface area contributed by atoms with Gasteiger partial charge in [-0.15, -0.1) is 0 Å². The second-order valence-corrected chi connectivity index (χ2v) is 7.91. The molecule has 0 saturated heterocycles. The minimum Gasteiger partial charge on any atom is -0.399 e. The van der Waals surface area contributed by atoms with E-state index in [1.807, 2.05) is 0 Å². The number of carbonyl (C=O) groups excluding carboxylic acids is 2. The molecular weight excluding hydrogens is 433 g/mol. The van der Waals surface area contributed by atoms with Crippen LogP contribution in [-0.4, -0.2) is 26.8 Å². The minimum absolute atomic E-state index is 0.0516. The first-order valence-electron chi connectivity index (χ1n) is 9.35. The maximum Gasteiger partial charge on any atom is 0.274 e. The van der Waals surface area contributed by atoms with Crippen molar-refractivity contribution < 1.29 is 14.0 Å². The molecule has 0 unspecified atom stereocenters. The van der Waals surface area contributed by atoms with Crippen molar-refractivity contribution >= 4 is 46.0 Å². The molecule has 11 heteroatoms. The number of hydrogen-bond donors (Lipinski definition) is 5. The Kier molecular flexibility index (Phi) is 5.65. The highest BCUT2D eigenvalue weighted by atomic mass is 32.2. The third kappa shape index (κ3) is 4.32. The first-order valence-corrected chi connectivity index (χ1v) is 10.2. The van der Waals surface area contributed by atoms with Gasteiger partial charge in [0.05, 0.1) is 11.8 Å². The summed E-state index contributed by atoms with van der Waals surface area (Å²) in [4.78, 5) is 36.3. The number of benzene rings is 2. The summed E-state index contributed by atoms with van der Waals surface area (Å²) in [6, 6.07) is 9.09. The van der Waals surface area contributed by atoms with Crippen LogP contribution >= 0.6 is 11.8 Å². The van der Waals surface area contributed by atoms with Crippen LogP contribution in [0.4, 0.5) is 15.9 Å². The minimum atomic E-state index is -0.642. The number of nitrogens with one attached hydrogen (secondary N) is 2. The van der Waals surface area contributed by atoms with Gasteiger partial charge < -0.3 is 27.5 Å². The lowest BCUT2D eigenvalue weighted by Crippen LogP contribution is -2.25. The third-order valence-corrected chi connectivity index (χ3v) is 5.63. The van der Waals surface area contributed by atoms with Crippen molar-refractivity contribution in [1.82, 2.24) is 20.3 Å². The zero-order valence-corrected chi connectivity index (χ0v) is 17.4. The molecule has 2 amide bonds. The van der Waals surface area contributed by atoms with Crippen LogP contribution in [0.2, 0.25) is 0 Å². The number of halogens is 1. The van der Waals surface area contributed by atoms with E-state index in [0.717, 1.165) is 17.3 Å². The highest BCUT2D eigenvalue weighted by Gasteiger charge is 2.17. The van der Waals surface area contributed by atoms with Gasteiger partial charge in [-0.05, 0) is 42.0 Å². The van der Waals surface area contributed by atoms with Crippen molar-refractivity contribution in [1.29, 1.82) is 0 Å². The summed E-state index contributed by atoms with van der Waals surface area (Å²) in [7, 11) is 0. The third-order valence-electron chi connectivity index (χ3n) is 4.65. The van der Waals surface area contributed by atoms with Gasteiger partial charge in [0.1, 0.15) is 10.8 Å². The van der Waals surface area contributed by atoms with Gasteiger partial charge in [0.25, 0.3) is 5.91 Å². The van der Waals surface area contributed by atoms with Gasteiger partial charge in [0.15, 0.2) is 11.5 Å². The fourth-order valence-electron chi connectivity index (χ4n) is 3.10. The van der Waals surface area contributed by atoms with E-state index in [9.17, 15) is 14.0 Å². The van der Waals surface area contributed by atoms with Crippen LogP contribution in [0.3, 0.4) is 0 Å². The van der Waals surface area contributed by atoms with Gasteiger partial charge in [0, 0.05) is 34.2 Å². The van der Waals surface area contributed by atoms with E-state index in [0.29, 0.717) is 26.6 Å². The number of nitrogens with two attached hydrogens (primary N) is 3. The molecule has 8 N–H and O–H groups in total. The smallest absolute Gasteiger partial charge is 0.274 e. The lowest BCUT2D eigenvalue weighted by molar-refractivity contribution is 0.0944.